The second-order valence-corrected chi connectivity index (χ2v) is 5.36. The van der Waals surface area contributed by atoms with Crippen molar-refractivity contribution in [2.75, 3.05) is 13.2 Å². The molecule has 0 heterocycles. The molecular weight excluding hydrogens is 274 g/mol. The lowest BCUT2D eigenvalue weighted by Crippen LogP contribution is -2.34. The maximum atomic E-state index is 11.6. The summed E-state index contributed by atoms with van der Waals surface area (Å²) >= 11 is 6.04. The predicted octanol–water partition coefficient (Wildman–Crippen LogP) is 3.51. The van der Waals surface area contributed by atoms with E-state index in [4.69, 9.17) is 16.3 Å². The molecule has 112 valence electrons. The van der Waals surface area contributed by atoms with Gasteiger partial charge < -0.3 is 10.1 Å². The molecule has 0 aliphatic heterocycles. The van der Waals surface area contributed by atoms with Gasteiger partial charge in [0.15, 0.2) is 0 Å². The number of nitrogens with one attached hydrogen (secondary N) is 1. The van der Waals surface area contributed by atoms with Crippen molar-refractivity contribution < 1.29 is 9.53 Å². The summed E-state index contributed by atoms with van der Waals surface area (Å²) < 4.78 is 5.03. The van der Waals surface area contributed by atoms with E-state index in [2.05, 4.69) is 18.3 Å². The fourth-order valence-electron chi connectivity index (χ4n) is 2.10. The molecule has 1 atom stereocenters. The van der Waals surface area contributed by atoms with Crippen molar-refractivity contribution in [2.45, 2.75) is 46.1 Å². The Morgan fingerprint density at radius 2 is 2.15 bits per heavy atom. The van der Waals surface area contributed by atoms with Crippen LogP contribution < -0.4 is 5.32 Å². The lowest BCUT2D eigenvalue weighted by molar-refractivity contribution is -0.143. The molecule has 1 N–H and O–H groups in total. The van der Waals surface area contributed by atoms with Crippen LogP contribution in [0.4, 0.5) is 0 Å². The van der Waals surface area contributed by atoms with Gasteiger partial charge in [0.25, 0.3) is 0 Å². The molecule has 1 aromatic carbocycles. The molecule has 0 aliphatic rings. The first kappa shape index (κ1) is 17.0. The third-order valence-electron chi connectivity index (χ3n) is 3.11. The third kappa shape index (κ3) is 5.93. The summed E-state index contributed by atoms with van der Waals surface area (Å²) in [6, 6.07) is 6.11. The Labute approximate surface area is 126 Å². The van der Waals surface area contributed by atoms with Crippen LogP contribution in [-0.2, 0) is 16.0 Å². The summed E-state index contributed by atoms with van der Waals surface area (Å²) in [5.74, 6) is -0.146. The Kier molecular flexibility index (Phi) is 7.63. The molecule has 0 spiro atoms. The first-order chi connectivity index (χ1) is 9.56. The van der Waals surface area contributed by atoms with E-state index in [0.717, 1.165) is 30.0 Å². The lowest BCUT2D eigenvalue weighted by atomic mass is 10.0. The Bertz CT molecular complexity index is 434. The van der Waals surface area contributed by atoms with Crippen LogP contribution in [0.25, 0.3) is 0 Å². The zero-order chi connectivity index (χ0) is 15.0. The van der Waals surface area contributed by atoms with Gasteiger partial charge in [0.1, 0.15) is 0 Å². The number of carbonyl (C=O) groups is 1. The van der Waals surface area contributed by atoms with Crippen LogP contribution in [0, 0.1) is 6.92 Å². The molecule has 1 rings (SSSR count). The van der Waals surface area contributed by atoms with Crippen LogP contribution in [0.5, 0.6) is 0 Å². The van der Waals surface area contributed by atoms with Crippen LogP contribution >= 0.6 is 11.6 Å². The minimum atomic E-state index is -0.146. The molecule has 1 unspecified atom stereocenters. The first-order valence-corrected chi connectivity index (χ1v) is 7.58. The highest BCUT2D eigenvalue weighted by Crippen LogP contribution is 2.18. The third-order valence-corrected chi connectivity index (χ3v) is 3.53. The summed E-state index contributed by atoms with van der Waals surface area (Å²) in [7, 11) is 0. The van der Waals surface area contributed by atoms with Gasteiger partial charge in [0, 0.05) is 11.1 Å². The zero-order valence-electron chi connectivity index (χ0n) is 12.5. The fourth-order valence-corrected chi connectivity index (χ4v) is 2.22. The van der Waals surface area contributed by atoms with E-state index in [9.17, 15) is 4.79 Å². The molecule has 0 fully saturated rings. The molecule has 0 aliphatic carbocycles. The van der Waals surface area contributed by atoms with Gasteiger partial charge in [-0.2, -0.15) is 0 Å². The second kappa shape index (κ2) is 8.98. The summed E-state index contributed by atoms with van der Waals surface area (Å²) in [5, 5.41) is 4.18. The van der Waals surface area contributed by atoms with E-state index in [-0.39, 0.29) is 12.0 Å². The SMILES string of the molecule is CCCNC(CC(=O)OCC)Cc1ccc(Cl)c(C)c1. The molecule has 1 aromatic rings. The number of hydrogen-bond acceptors (Lipinski definition) is 3. The van der Waals surface area contributed by atoms with Crippen molar-refractivity contribution in [3.8, 4) is 0 Å². The van der Waals surface area contributed by atoms with Crippen molar-refractivity contribution in [1.29, 1.82) is 0 Å². The van der Waals surface area contributed by atoms with E-state index in [1.165, 1.54) is 5.56 Å². The highest BCUT2D eigenvalue weighted by Gasteiger charge is 2.15. The van der Waals surface area contributed by atoms with E-state index >= 15 is 0 Å². The van der Waals surface area contributed by atoms with Gasteiger partial charge >= 0.3 is 5.97 Å². The van der Waals surface area contributed by atoms with E-state index in [1.807, 2.05) is 26.0 Å². The van der Waals surface area contributed by atoms with Gasteiger partial charge in [-0.25, -0.2) is 0 Å². The minimum Gasteiger partial charge on any atom is -0.466 e. The van der Waals surface area contributed by atoms with E-state index in [1.54, 1.807) is 0 Å². The first-order valence-electron chi connectivity index (χ1n) is 7.20. The maximum absolute atomic E-state index is 11.6. The Morgan fingerprint density at radius 3 is 2.75 bits per heavy atom. The average Bonchev–Trinajstić information content (AvgIpc) is 2.40. The Balaban J connectivity index is 2.67. The molecule has 0 saturated carbocycles. The smallest absolute Gasteiger partial charge is 0.307 e. The Morgan fingerprint density at radius 1 is 1.40 bits per heavy atom. The molecule has 0 bridgehead atoms. The van der Waals surface area contributed by atoms with Crippen molar-refractivity contribution in [2.24, 2.45) is 0 Å². The molecule has 3 nitrogen and oxygen atoms in total. The number of esters is 1. The highest BCUT2D eigenvalue weighted by molar-refractivity contribution is 6.31. The van der Waals surface area contributed by atoms with Gasteiger partial charge in [0.05, 0.1) is 13.0 Å². The van der Waals surface area contributed by atoms with Gasteiger partial charge in [-0.3, -0.25) is 4.79 Å². The van der Waals surface area contributed by atoms with Crippen LogP contribution in [0.15, 0.2) is 18.2 Å². The second-order valence-electron chi connectivity index (χ2n) is 4.95. The van der Waals surface area contributed by atoms with Crippen LogP contribution in [0.2, 0.25) is 5.02 Å². The van der Waals surface area contributed by atoms with Gasteiger partial charge in [-0.15, -0.1) is 0 Å². The monoisotopic (exact) mass is 297 g/mol. The number of aryl methyl sites for hydroxylation is 1. The largest absolute Gasteiger partial charge is 0.466 e. The zero-order valence-corrected chi connectivity index (χ0v) is 13.3. The highest BCUT2D eigenvalue weighted by atomic mass is 35.5. The number of halogens is 1. The van der Waals surface area contributed by atoms with E-state index < -0.39 is 0 Å². The quantitative estimate of drug-likeness (QED) is 0.746. The van der Waals surface area contributed by atoms with Gasteiger partial charge in [-0.1, -0.05) is 30.7 Å². The summed E-state index contributed by atoms with van der Waals surface area (Å²) in [6.07, 6.45) is 2.24. The molecule has 20 heavy (non-hydrogen) atoms. The van der Waals surface area contributed by atoms with Crippen LogP contribution in [0.3, 0.4) is 0 Å². The number of ether oxygens (including phenoxy) is 1. The molecule has 0 aromatic heterocycles. The lowest BCUT2D eigenvalue weighted by Gasteiger charge is -2.18. The van der Waals surface area contributed by atoms with Crippen molar-refractivity contribution in [3.63, 3.8) is 0 Å². The number of rotatable bonds is 8. The summed E-state index contributed by atoms with van der Waals surface area (Å²) in [5.41, 5.74) is 2.25. The van der Waals surface area contributed by atoms with Crippen molar-refractivity contribution >= 4 is 17.6 Å². The maximum Gasteiger partial charge on any atom is 0.307 e. The average molecular weight is 298 g/mol. The summed E-state index contributed by atoms with van der Waals surface area (Å²) in [6.45, 7) is 7.26. The van der Waals surface area contributed by atoms with Crippen molar-refractivity contribution in [3.05, 3.63) is 34.3 Å². The van der Waals surface area contributed by atoms with Gasteiger partial charge in [-0.05, 0) is 50.4 Å². The number of carbonyl (C=O) groups excluding carboxylic acids is 1. The normalized spacial score (nSPS) is 12.2. The van der Waals surface area contributed by atoms with Crippen LogP contribution in [0.1, 0.15) is 37.8 Å². The topological polar surface area (TPSA) is 38.3 Å². The van der Waals surface area contributed by atoms with Gasteiger partial charge in [0.2, 0.25) is 0 Å². The standard InChI is InChI=1S/C16H24ClNO2/c1-4-8-18-14(11-16(19)20-5-2)10-13-6-7-15(17)12(3)9-13/h6-7,9,14,18H,4-5,8,10-11H2,1-3H3. The number of hydrogen-bond donors (Lipinski definition) is 1. The molecule has 4 heteroatoms. The van der Waals surface area contributed by atoms with Crippen molar-refractivity contribution in [1.82, 2.24) is 5.32 Å². The Hall–Kier alpha value is -1.06. The fraction of sp³-hybridized carbons (Fsp3) is 0.562. The molecular formula is C16H24ClNO2. The number of benzene rings is 1. The molecule has 0 saturated heterocycles. The minimum absolute atomic E-state index is 0.106. The van der Waals surface area contributed by atoms with Crippen LogP contribution in [-0.4, -0.2) is 25.2 Å². The van der Waals surface area contributed by atoms with E-state index in [0.29, 0.717) is 13.0 Å². The predicted molar refractivity (Wildman–Crippen MR) is 83.2 cm³/mol. The molecule has 0 radical (unpaired) electrons. The summed E-state index contributed by atoms with van der Waals surface area (Å²) in [4.78, 5) is 11.6. The molecule has 0 amide bonds.